The minimum Gasteiger partial charge on any atom is -0.489 e. The Morgan fingerprint density at radius 3 is 2.34 bits per heavy atom. The summed E-state index contributed by atoms with van der Waals surface area (Å²) in [6, 6.07) is 23.4. The van der Waals surface area contributed by atoms with Crippen LogP contribution in [0.25, 0.3) is 0 Å². The van der Waals surface area contributed by atoms with Gasteiger partial charge in [-0.2, -0.15) is 0 Å². The Labute approximate surface area is 171 Å². The van der Waals surface area contributed by atoms with E-state index in [-0.39, 0.29) is 5.91 Å². The highest BCUT2D eigenvalue weighted by Gasteiger charge is 2.24. The van der Waals surface area contributed by atoms with E-state index >= 15 is 0 Å². The number of benzene rings is 2. The van der Waals surface area contributed by atoms with Crippen molar-refractivity contribution >= 4 is 5.91 Å². The zero-order valence-electron chi connectivity index (χ0n) is 16.4. The number of rotatable bonds is 6. The van der Waals surface area contributed by atoms with E-state index < -0.39 is 0 Å². The molecule has 4 rings (SSSR count). The molecule has 2 heterocycles. The summed E-state index contributed by atoms with van der Waals surface area (Å²) in [6.07, 6.45) is 1.82. The zero-order chi connectivity index (χ0) is 19.9. The number of ether oxygens (including phenoxy) is 1. The molecular formula is C24H25N3O2. The minimum absolute atomic E-state index is 0.0785. The maximum absolute atomic E-state index is 13.1. The smallest absolute Gasteiger partial charge is 0.254 e. The van der Waals surface area contributed by atoms with Gasteiger partial charge in [0.2, 0.25) is 0 Å². The normalized spacial score (nSPS) is 14.6. The molecule has 0 radical (unpaired) electrons. The van der Waals surface area contributed by atoms with Gasteiger partial charge in [0, 0.05) is 50.0 Å². The van der Waals surface area contributed by atoms with Crippen molar-refractivity contribution in [3.63, 3.8) is 0 Å². The quantitative estimate of drug-likeness (QED) is 0.648. The first-order valence-corrected chi connectivity index (χ1v) is 9.97. The van der Waals surface area contributed by atoms with E-state index in [4.69, 9.17) is 4.74 Å². The van der Waals surface area contributed by atoms with Gasteiger partial charge in [-0.15, -0.1) is 0 Å². The second-order valence-electron chi connectivity index (χ2n) is 7.15. The second kappa shape index (κ2) is 9.34. The molecule has 0 bridgehead atoms. The van der Waals surface area contributed by atoms with Gasteiger partial charge in [-0.25, -0.2) is 0 Å². The Bertz CT molecular complexity index is 923. The Morgan fingerprint density at radius 1 is 0.862 bits per heavy atom. The van der Waals surface area contributed by atoms with E-state index in [0.717, 1.165) is 55.3 Å². The van der Waals surface area contributed by atoms with E-state index in [9.17, 15) is 4.79 Å². The van der Waals surface area contributed by atoms with E-state index in [1.54, 1.807) is 0 Å². The first kappa shape index (κ1) is 19.2. The van der Waals surface area contributed by atoms with E-state index in [2.05, 4.69) is 9.88 Å². The summed E-state index contributed by atoms with van der Waals surface area (Å²) in [5.74, 6) is 0.882. The minimum atomic E-state index is 0.0785. The molecule has 0 N–H and O–H groups in total. The summed E-state index contributed by atoms with van der Waals surface area (Å²) in [5.41, 5.74) is 2.70. The molecular weight excluding hydrogens is 362 g/mol. The van der Waals surface area contributed by atoms with Gasteiger partial charge < -0.3 is 9.64 Å². The number of amides is 1. The van der Waals surface area contributed by atoms with Crippen molar-refractivity contribution in [1.29, 1.82) is 0 Å². The predicted molar refractivity (Wildman–Crippen MR) is 113 cm³/mol. The van der Waals surface area contributed by atoms with Crippen molar-refractivity contribution in [2.75, 3.05) is 26.2 Å². The number of hydrogen-bond donors (Lipinski definition) is 0. The Balaban J connectivity index is 1.36. The van der Waals surface area contributed by atoms with Crippen LogP contribution in [-0.2, 0) is 13.2 Å². The molecule has 1 fully saturated rings. The molecule has 5 heteroatoms. The van der Waals surface area contributed by atoms with Gasteiger partial charge in [0.1, 0.15) is 12.4 Å². The molecule has 1 aliphatic rings. The van der Waals surface area contributed by atoms with Crippen molar-refractivity contribution < 1.29 is 9.53 Å². The van der Waals surface area contributed by atoms with Gasteiger partial charge >= 0.3 is 0 Å². The van der Waals surface area contributed by atoms with Crippen molar-refractivity contribution in [3.8, 4) is 5.75 Å². The van der Waals surface area contributed by atoms with Crippen LogP contribution >= 0.6 is 0 Å². The van der Waals surface area contributed by atoms with Crippen LogP contribution in [0.5, 0.6) is 5.75 Å². The third-order valence-corrected chi connectivity index (χ3v) is 5.16. The highest BCUT2D eigenvalue weighted by molar-refractivity contribution is 5.95. The van der Waals surface area contributed by atoms with Gasteiger partial charge in [-0.3, -0.25) is 14.7 Å². The van der Waals surface area contributed by atoms with Crippen LogP contribution in [0.15, 0.2) is 79.0 Å². The second-order valence-corrected chi connectivity index (χ2v) is 7.15. The van der Waals surface area contributed by atoms with Crippen LogP contribution < -0.4 is 4.74 Å². The average molecular weight is 387 g/mol. The molecule has 1 aromatic heterocycles. The van der Waals surface area contributed by atoms with Crippen LogP contribution in [0, 0.1) is 0 Å². The van der Waals surface area contributed by atoms with Crippen molar-refractivity contribution in [1.82, 2.24) is 14.8 Å². The summed E-state index contributed by atoms with van der Waals surface area (Å²) in [4.78, 5) is 21.8. The summed E-state index contributed by atoms with van der Waals surface area (Å²) >= 11 is 0. The number of piperazine rings is 1. The first-order valence-electron chi connectivity index (χ1n) is 9.97. The van der Waals surface area contributed by atoms with Gasteiger partial charge in [-0.1, -0.05) is 42.5 Å². The molecule has 0 unspecified atom stereocenters. The monoisotopic (exact) mass is 387 g/mol. The molecule has 148 valence electrons. The predicted octanol–water partition coefficient (Wildman–Crippen LogP) is 3.62. The number of carbonyl (C=O) groups excluding carboxylic acids is 1. The van der Waals surface area contributed by atoms with Crippen molar-refractivity contribution in [2.24, 2.45) is 0 Å². The molecule has 29 heavy (non-hydrogen) atoms. The van der Waals surface area contributed by atoms with Crippen LogP contribution in [0.3, 0.4) is 0 Å². The molecule has 0 aliphatic carbocycles. The molecule has 0 spiro atoms. The molecule has 3 aromatic rings. The maximum atomic E-state index is 13.1. The molecule has 0 saturated carbocycles. The van der Waals surface area contributed by atoms with E-state index in [0.29, 0.717) is 6.61 Å². The lowest BCUT2D eigenvalue weighted by Gasteiger charge is -2.34. The van der Waals surface area contributed by atoms with Crippen molar-refractivity contribution in [2.45, 2.75) is 13.2 Å². The number of pyridine rings is 1. The lowest BCUT2D eigenvalue weighted by molar-refractivity contribution is 0.0624. The van der Waals surface area contributed by atoms with Crippen LogP contribution in [0.2, 0.25) is 0 Å². The van der Waals surface area contributed by atoms with Crippen LogP contribution in [0.4, 0.5) is 0 Å². The summed E-state index contributed by atoms with van der Waals surface area (Å²) < 4.78 is 5.87. The van der Waals surface area contributed by atoms with Gasteiger partial charge in [0.25, 0.3) is 5.91 Å². The van der Waals surface area contributed by atoms with Crippen LogP contribution in [-0.4, -0.2) is 46.9 Å². The third-order valence-electron chi connectivity index (χ3n) is 5.16. The Kier molecular flexibility index (Phi) is 6.17. The van der Waals surface area contributed by atoms with Gasteiger partial charge in [-0.05, 0) is 30.3 Å². The van der Waals surface area contributed by atoms with E-state index in [1.807, 2.05) is 83.9 Å². The van der Waals surface area contributed by atoms with E-state index in [1.165, 1.54) is 0 Å². The average Bonchev–Trinajstić information content (AvgIpc) is 2.79. The lowest BCUT2D eigenvalue weighted by atomic mass is 10.1. The SMILES string of the molecule is O=C(c1ccccc1COc1ccccc1)N1CCN(Cc2ccccn2)CC1. The Hall–Kier alpha value is -3.18. The maximum Gasteiger partial charge on any atom is 0.254 e. The highest BCUT2D eigenvalue weighted by atomic mass is 16.5. The molecule has 0 atom stereocenters. The standard InChI is InChI=1S/C24H25N3O2/c28-24(27-16-14-26(15-17-27)18-21-9-6-7-13-25-21)23-12-5-4-8-20(23)19-29-22-10-2-1-3-11-22/h1-13H,14-19H2. The lowest BCUT2D eigenvalue weighted by Crippen LogP contribution is -2.48. The molecule has 1 saturated heterocycles. The van der Waals surface area contributed by atoms with Crippen LogP contribution in [0.1, 0.15) is 21.6 Å². The molecule has 1 amide bonds. The fourth-order valence-corrected chi connectivity index (χ4v) is 3.53. The summed E-state index contributed by atoms with van der Waals surface area (Å²) in [6.45, 7) is 4.35. The van der Waals surface area contributed by atoms with Crippen molar-refractivity contribution in [3.05, 3.63) is 95.8 Å². The molecule has 5 nitrogen and oxygen atoms in total. The summed E-state index contributed by atoms with van der Waals surface area (Å²) in [5, 5.41) is 0. The summed E-state index contributed by atoms with van der Waals surface area (Å²) in [7, 11) is 0. The number of carbonyl (C=O) groups is 1. The number of hydrogen-bond acceptors (Lipinski definition) is 4. The Morgan fingerprint density at radius 2 is 1.59 bits per heavy atom. The number of para-hydroxylation sites is 1. The largest absolute Gasteiger partial charge is 0.489 e. The van der Waals surface area contributed by atoms with Gasteiger partial charge in [0.15, 0.2) is 0 Å². The molecule has 1 aliphatic heterocycles. The topological polar surface area (TPSA) is 45.7 Å². The van der Waals surface area contributed by atoms with Gasteiger partial charge in [0.05, 0.1) is 5.69 Å². The number of nitrogens with zero attached hydrogens (tertiary/aromatic N) is 3. The first-order chi connectivity index (χ1) is 14.3. The fourth-order valence-electron chi connectivity index (χ4n) is 3.53. The zero-order valence-corrected chi connectivity index (χ0v) is 16.4. The number of aromatic nitrogens is 1. The third kappa shape index (κ3) is 5.00. The molecule has 2 aromatic carbocycles. The fraction of sp³-hybridized carbons (Fsp3) is 0.250. The highest BCUT2D eigenvalue weighted by Crippen LogP contribution is 2.17.